The molecule has 0 aromatic heterocycles. The lowest BCUT2D eigenvalue weighted by molar-refractivity contribution is 0.627. The van der Waals surface area contributed by atoms with E-state index >= 15 is 0 Å². The molecular formula is C18H21FN2. The van der Waals surface area contributed by atoms with Crippen molar-refractivity contribution < 1.29 is 4.39 Å². The molecule has 0 amide bonds. The van der Waals surface area contributed by atoms with Crippen molar-refractivity contribution in [3.8, 4) is 0 Å². The summed E-state index contributed by atoms with van der Waals surface area (Å²) in [5, 5.41) is 3.31. The number of fused-ring (bicyclic) bond motifs is 1. The Morgan fingerprint density at radius 2 is 2.05 bits per heavy atom. The quantitative estimate of drug-likeness (QED) is 0.911. The van der Waals surface area contributed by atoms with Gasteiger partial charge >= 0.3 is 0 Å². The Labute approximate surface area is 125 Å². The topological polar surface area (TPSA) is 15.3 Å². The molecule has 3 heteroatoms. The Hall–Kier alpha value is -2.03. The van der Waals surface area contributed by atoms with Crippen molar-refractivity contribution in [2.75, 3.05) is 23.8 Å². The summed E-state index contributed by atoms with van der Waals surface area (Å²) >= 11 is 0. The van der Waals surface area contributed by atoms with Gasteiger partial charge in [-0.1, -0.05) is 12.1 Å². The molecule has 0 unspecified atom stereocenters. The molecule has 3 rings (SSSR count). The number of halogens is 1. The van der Waals surface area contributed by atoms with Crippen molar-refractivity contribution in [3.63, 3.8) is 0 Å². The molecule has 0 aliphatic carbocycles. The monoisotopic (exact) mass is 284 g/mol. The lowest BCUT2D eigenvalue weighted by Crippen LogP contribution is -2.24. The van der Waals surface area contributed by atoms with Crippen LogP contribution in [-0.4, -0.2) is 13.6 Å². The van der Waals surface area contributed by atoms with Gasteiger partial charge in [-0.2, -0.15) is 0 Å². The van der Waals surface area contributed by atoms with E-state index in [2.05, 4.69) is 35.5 Å². The molecule has 1 aliphatic rings. The predicted octanol–water partition coefficient (Wildman–Crippen LogP) is 4.13. The number of aryl methyl sites for hydroxylation is 2. The zero-order chi connectivity index (χ0) is 14.8. The van der Waals surface area contributed by atoms with Crippen LogP contribution in [0.2, 0.25) is 0 Å². The van der Waals surface area contributed by atoms with Gasteiger partial charge in [0.15, 0.2) is 0 Å². The second-order valence-electron chi connectivity index (χ2n) is 5.86. The highest BCUT2D eigenvalue weighted by molar-refractivity contribution is 5.56. The molecule has 0 atom stereocenters. The highest BCUT2D eigenvalue weighted by Gasteiger charge is 2.13. The first-order valence-corrected chi connectivity index (χ1v) is 7.46. The van der Waals surface area contributed by atoms with Crippen LogP contribution >= 0.6 is 0 Å². The van der Waals surface area contributed by atoms with Crippen LogP contribution in [0.5, 0.6) is 0 Å². The van der Waals surface area contributed by atoms with Crippen molar-refractivity contribution >= 4 is 11.4 Å². The van der Waals surface area contributed by atoms with Crippen LogP contribution in [0.25, 0.3) is 0 Å². The van der Waals surface area contributed by atoms with Crippen LogP contribution in [0.15, 0.2) is 36.4 Å². The Morgan fingerprint density at radius 3 is 2.86 bits per heavy atom. The standard InChI is InChI=1S/C18H21FN2/c1-13-8-16(19)11-17(9-13)20-12-14-5-6-18-15(10-14)4-3-7-21(18)2/h5-6,8-11,20H,3-4,7,12H2,1-2H3. The molecule has 0 spiro atoms. The van der Waals surface area contributed by atoms with Crippen LogP contribution in [0.3, 0.4) is 0 Å². The molecule has 2 aromatic rings. The summed E-state index contributed by atoms with van der Waals surface area (Å²) in [6.45, 7) is 3.76. The minimum atomic E-state index is -0.190. The number of hydrogen-bond donors (Lipinski definition) is 1. The molecule has 2 aromatic carbocycles. The smallest absolute Gasteiger partial charge is 0.125 e. The van der Waals surface area contributed by atoms with Crippen LogP contribution in [-0.2, 0) is 13.0 Å². The normalized spacial score (nSPS) is 14.0. The summed E-state index contributed by atoms with van der Waals surface area (Å²) < 4.78 is 13.4. The summed E-state index contributed by atoms with van der Waals surface area (Å²) in [7, 11) is 2.14. The van der Waals surface area contributed by atoms with Gasteiger partial charge in [-0.3, -0.25) is 0 Å². The Kier molecular flexibility index (Phi) is 3.82. The van der Waals surface area contributed by atoms with Gasteiger partial charge in [-0.25, -0.2) is 4.39 Å². The van der Waals surface area contributed by atoms with E-state index in [1.807, 2.05) is 13.0 Å². The van der Waals surface area contributed by atoms with Crippen LogP contribution in [0.4, 0.5) is 15.8 Å². The lowest BCUT2D eigenvalue weighted by atomic mass is 9.99. The average molecular weight is 284 g/mol. The summed E-state index contributed by atoms with van der Waals surface area (Å²) in [6.07, 6.45) is 2.36. The minimum absolute atomic E-state index is 0.190. The van der Waals surface area contributed by atoms with Gasteiger partial charge < -0.3 is 10.2 Å². The van der Waals surface area contributed by atoms with E-state index in [4.69, 9.17) is 0 Å². The molecular weight excluding hydrogens is 263 g/mol. The van der Waals surface area contributed by atoms with Gasteiger partial charge in [0.05, 0.1) is 0 Å². The molecule has 110 valence electrons. The minimum Gasteiger partial charge on any atom is -0.381 e. The van der Waals surface area contributed by atoms with Gasteiger partial charge in [0, 0.05) is 31.5 Å². The largest absolute Gasteiger partial charge is 0.381 e. The molecule has 21 heavy (non-hydrogen) atoms. The van der Waals surface area contributed by atoms with Gasteiger partial charge in [-0.15, -0.1) is 0 Å². The first-order valence-electron chi connectivity index (χ1n) is 7.46. The van der Waals surface area contributed by atoms with Crippen LogP contribution in [0, 0.1) is 12.7 Å². The molecule has 0 radical (unpaired) electrons. The zero-order valence-corrected chi connectivity index (χ0v) is 12.6. The van der Waals surface area contributed by atoms with Crippen molar-refractivity contribution in [3.05, 3.63) is 58.9 Å². The molecule has 0 bridgehead atoms. The highest BCUT2D eigenvalue weighted by atomic mass is 19.1. The molecule has 0 saturated carbocycles. The fourth-order valence-electron chi connectivity index (χ4n) is 2.99. The van der Waals surface area contributed by atoms with E-state index in [1.165, 1.54) is 23.2 Å². The van der Waals surface area contributed by atoms with Gasteiger partial charge in [0.25, 0.3) is 0 Å². The zero-order valence-electron chi connectivity index (χ0n) is 12.6. The Morgan fingerprint density at radius 1 is 1.19 bits per heavy atom. The third-order valence-corrected chi connectivity index (χ3v) is 4.03. The third-order valence-electron chi connectivity index (χ3n) is 4.03. The number of nitrogens with one attached hydrogen (secondary N) is 1. The summed E-state index contributed by atoms with van der Waals surface area (Å²) in [5.74, 6) is -0.190. The summed E-state index contributed by atoms with van der Waals surface area (Å²) in [4.78, 5) is 2.31. The first kappa shape index (κ1) is 13.9. The van der Waals surface area contributed by atoms with E-state index in [-0.39, 0.29) is 5.82 Å². The van der Waals surface area contributed by atoms with E-state index in [1.54, 1.807) is 12.1 Å². The van der Waals surface area contributed by atoms with E-state index in [0.29, 0.717) is 0 Å². The summed E-state index contributed by atoms with van der Waals surface area (Å²) in [5.41, 5.74) is 5.77. The number of nitrogens with zero attached hydrogens (tertiary/aromatic N) is 1. The van der Waals surface area contributed by atoms with E-state index < -0.39 is 0 Å². The van der Waals surface area contributed by atoms with Crippen molar-refractivity contribution in [1.82, 2.24) is 0 Å². The highest BCUT2D eigenvalue weighted by Crippen LogP contribution is 2.27. The number of anilines is 2. The van der Waals surface area contributed by atoms with Crippen molar-refractivity contribution in [1.29, 1.82) is 0 Å². The van der Waals surface area contributed by atoms with E-state index in [0.717, 1.165) is 30.8 Å². The van der Waals surface area contributed by atoms with Gasteiger partial charge in [0.2, 0.25) is 0 Å². The maximum atomic E-state index is 13.4. The SMILES string of the molecule is Cc1cc(F)cc(NCc2ccc3c(c2)CCCN3C)c1. The predicted molar refractivity (Wildman–Crippen MR) is 86.5 cm³/mol. The Bertz CT molecular complexity index is 631. The second-order valence-corrected chi connectivity index (χ2v) is 5.86. The maximum Gasteiger partial charge on any atom is 0.125 e. The maximum absolute atomic E-state index is 13.4. The van der Waals surface area contributed by atoms with Gasteiger partial charge in [0.1, 0.15) is 5.82 Å². The summed E-state index contributed by atoms with van der Waals surface area (Å²) in [6, 6.07) is 11.7. The van der Waals surface area contributed by atoms with Crippen LogP contribution in [0.1, 0.15) is 23.1 Å². The fraction of sp³-hybridized carbons (Fsp3) is 0.333. The molecule has 1 N–H and O–H groups in total. The van der Waals surface area contributed by atoms with Gasteiger partial charge in [-0.05, 0) is 60.7 Å². The molecule has 2 nitrogen and oxygen atoms in total. The molecule has 0 fully saturated rings. The Balaban J connectivity index is 1.73. The lowest BCUT2D eigenvalue weighted by Gasteiger charge is -2.27. The van der Waals surface area contributed by atoms with Crippen molar-refractivity contribution in [2.45, 2.75) is 26.3 Å². The second kappa shape index (κ2) is 5.76. The first-order chi connectivity index (χ1) is 10.1. The molecule has 0 saturated heterocycles. The number of rotatable bonds is 3. The van der Waals surface area contributed by atoms with Crippen molar-refractivity contribution in [2.24, 2.45) is 0 Å². The van der Waals surface area contributed by atoms with Crippen LogP contribution < -0.4 is 10.2 Å². The third kappa shape index (κ3) is 3.18. The average Bonchev–Trinajstić information content (AvgIpc) is 2.44. The number of hydrogen-bond acceptors (Lipinski definition) is 2. The molecule has 1 aliphatic heterocycles. The molecule has 1 heterocycles. The fourth-order valence-corrected chi connectivity index (χ4v) is 2.99. The van der Waals surface area contributed by atoms with E-state index in [9.17, 15) is 4.39 Å². The number of benzene rings is 2.